The summed E-state index contributed by atoms with van der Waals surface area (Å²) in [7, 11) is 0. The van der Waals surface area contributed by atoms with Gasteiger partial charge in [0, 0.05) is 12.4 Å². The number of thiazole rings is 1. The summed E-state index contributed by atoms with van der Waals surface area (Å²) >= 11 is 1.10. The molecule has 0 aromatic carbocycles. The number of rotatable bonds is 3. The number of aromatic nitrogens is 3. The second kappa shape index (κ2) is 4.58. The lowest BCUT2D eigenvalue weighted by Gasteiger charge is -1.96. The summed E-state index contributed by atoms with van der Waals surface area (Å²) < 4.78 is 0. The molecule has 2 aromatic heterocycles. The number of aromatic carboxylic acids is 1. The monoisotopic (exact) mass is 249 g/mol. The molecule has 17 heavy (non-hydrogen) atoms. The van der Waals surface area contributed by atoms with Crippen molar-refractivity contribution in [2.24, 2.45) is 0 Å². The maximum absolute atomic E-state index is 10.9. The Bertz CT molecular complexity index is 548. The van der Waals surface area contributed by atoms with Crippen LogP contribution in [0.25, 0.3) is 10.8 Å². The molecule has 5 nitrogen and oxygen atoms in total. The van der Waals surface area contributed by atoms with E-state index in [9.17, 15) is 4.79 Å². The topological polar surface area (TPSA) is 76.0 Å². The Morgan fingerprint density at radius 1 is 1.41 bits per heavy atom. The first kappa shape index (κ1) is 11.7. The van der Waals surface area contributed by atoms with E-state index < -0.39 is 5.97 Å². The number of carboxylic acids is 1. The molecule has 0 atom stereocenters. The number of carbonyl (C=O) groups is 1. The zero-order chi connectivity index (χ0) is 12.4. The van der Waals surface area contributed by atoms with Crippen molar-refractivity contribution in [3.8, 4) is 10.8 Å². The fourth-order valence-corrected chi connectivity index (χ4v) is 2.19. The molecule has 0 aliphatic rings. The molecular weight excluding hydrogens is 238 g/mol. The Hall–Kier alpha value is -1.82. The lowest BCUT2D eigenvalue weighted by atomic mass is 10.3. The summed E-state index contributed by atoms with van der Waals surface area (Å²) in [6, 6.07) is 0. The van der Waals surface area contributed by atoms with Gasteiger partial charge in [0.2, 0.25) is 0 Å². The quantitative estimate of drug-likeness (QED) is 0.902. The number of nitrogens with zero attached hydrogens (tertiary/aromatic N) is 3. The summed E-state index contributed by atoms with van der Waals surface area (Å²) in [6.45, 7) is 3.69. The largest absolute Gasteiger partial charge is 0.477 e. The molecule has 0 saturated heterocycles. The molecule has 88 valence electrons. The average Bonchev–Trinajstić information content (AvgIpc) is 2.71. The molecule has 0 spiro atoms. The van der Waals surface area contributed by atoms with Gasteiger partial charge < -0.3 is 5.11 Å². The summed E-state index contributed by atoms with van der Waals surface area (Å²) in [5.74, 6) is -0.487. The molecule has 0 radical (unpaired) electrons. The standard InChI is InChI=1S/C11H11N3O2S/c1-3-7-4-12-9(13-5-7)10-14-6(2)8(17-10)11(15)16/h4-5H,3H2,1-2H3,(H,15,16). The van der Waals surface area contributed by atoms with Crippen LogP contribution < -0.4 is 0 Å². The molecule has 0 amide bonds. The van der Waals surface area contributed by atoms with Gasteiger partial charge in [0.05, 0.1) is 5.69 Å². The average molecular weight is 249 g/mol. The Morgan fingerprint density at radius 3 is 2.53 bits per heavy atom. The van der Waals surface area contributed by atoms with Crippen LogP contribution in [0.2, 0.25) is 0 Å². The normalized spacial score (nSPS) is 10.5. The van der Waals surface area contributed by atoms with Crippen molar-refractivity contribution in [3.05, 3.63) is 28.5 Å². The zero-order valence-corrected chi connectivity index (χ0v) is 10.3. The van der Waals surface area contributed by atoms with Crippen molar-refractivity contribution >= 4 is 17.3 Å². The van der Waals surface area contributed by atoms with Crippen molar-refractivity contribution in [3.63, 3.8) is 0 Å². The minimum atomic E-state index is -0.962. The summed E-state index contributed by atoms with van der Waals surface area (Å²) in [5, 5.41) is 9.48. The molecular formula is C11H11N3O2S. The SMILES string of the molecule is CCc1cnc(-c2nc(C)c(C(=O)O)s2)nc1. The number of hydrogen-bond donors (Lipinski definition) is 1. The van der Waals surface area contributed by atoms with Gasteiger partial charge >= 0.3 is 5.97 Å². The van der Waals surface area contributed by atoms with Crippen LogP contribution in [0.4, 0.5) is 0 Å². The van der Waals surface area contributed by atoms with Crippen molar-refractivity contribution < 1.29 is 9.90 Å². The van der Waals surface area contributed by atoms with Crippen molar-refractivity contribution in [2.45, 2.75) is 20.3 Å². The zero-order valence-electron chi connectivity index (χ0n) is 9.47. The fraction of sp³-hybridized carbons (Fsp3) is 0.273. The van der Waals surface area contributed by atoms with Crippen LogP contribution in [0, 0.1) is 6.92 Å². The highest BCUT2D eigenvalue weighted by molar-refractivity contribution is 7.16. The maximum Gasteiger partial charge on any atom is 0.347 e. The van der Waals surface area contributed by atoms with Gasteiger partial charge in [-0.25, -0.2) is 19.7 Å². The van der Waals surface area contributed by atoms with Gasteiger partial charge in [-0.2, -0.15) is 0 Å². The molecule has 2 rings (SSSR count). The number of carboxylic acid groups (broad SMARTS) is 1. The van der Waals surface area contributed by atoms with E-state index in [-0.39, 0.29) is 4.88 Å². The molecule has 0 unspecified atom stereocenters. The van der Waals surface area contributed by atoms with Gasteiger partial charge in [-0.1, -0.05) is 6.92 Å². The third kappa shape index (κ3) is 2.31. The summed E-state index contributed by atoms with van der Waals surface area (Å²) in [4.78, 5) is 23.7. The van der Waals surface area contributed by atoms with Gasteiger partial charge in [-0.15, -0.1) is 11.3 Å². The van der Waals surface area contributed by atoms with Crippen molar-refractivity contribution in [2.75, 3.05) is 0 Å². The van der Waals surface area contributed by atoms with E-state index in [4.69, 9.17) is 5.11 Å². The highest BCUT2D eigenvalue weighted by atomic mass is 32.1. The van der Waals surface area contributed by atoms with E-state index >= 15 is 0 Å². The Labute approximate surface area is 102 Å². The smallest absolute Gasteiger partial charge is 0.347 e. The minimum Gasteiger partial charge on any atom is -0.477 e. The predicted molar refractivity (Wildman–Crippen MR) is 64.2 cm³/mol. The van der Waals surface area contributed by atoms with Gasteiger partial charge in [0.1, 0.15) is 4.88 Å². The van der Waals surface area contributed by atoms with Crippen LogP contribution in [0.1, 0.15) is 27.9 Å². The molecule has 0 saturated carbocycles. The highest BCUT2D eigenvalue weighted by Crippen LogP contribution is 2.25. The first-order chi connectivity index (χ1) is 8.11. The molecule has 2 aromatic rings. The molecule has 0 aliphatic carbocycles. The highest BCUT2D eigenvalue weighted by Gasteiger charge is 2.16. The summed E-state index contributed by atoms with van der Waals surface area (Å²) in [5.41, 5.74) is 1.54. The van der Waals surface area contributed by atoms with Crippen LogP contribution in [0.5, 0.6) is 0 Å². The number of hydrogen-bond acceptors (Lipinski definition) is 5. The van der Waals surface area contributed by atoms with E-state index in [2.05, 4.69) is 15.0 Å². The van der Waals surface area contributed by atoms with E-state index in [0.29, 0.717) is 16.5 Å². The molecule has 1 N–H and O–H groups in total. The van der Waals surface area contributed by atoms with E-state index in [1.54, 1.807) is 19.3 Å². The van der Waals surface area contributed by atoms with Crippen LogP contribution in [-0.2, 0) is 6.42 Å². The second-order valence-electron chi connectivity index (χ2n) is 3.51. The molecule has 0 aliphatic heterocycles. The lowest BCUT2D eigenvalue weighted by Crippen LogP contribution is -1.94. The molecule has 2 heterocycles. The van der Waals surface area contributed by atoms with Crippen LogP contribution in [-0.4, -0.2) is 26.0 Å². The Kier molecular flexibility index (Phi) is 3.14. The molecule has 0 fully saturated rings. The van der Waals surface area contributed by atoms with E-state index in [0.717, 1.165) is 23.3 Å². The first-order valence-electron chi connectivity index (χ1n) is 5.13. The van der Waals surface area contributed by atoms with Gasteiger partial charge in [-0.05, 0) is 18.9 Å². The minimum absolute atomic E-state index is 0.239. The van der Waals surface area contributed by atoms with Crippen LogP contribution in [0.3, 0.4) is 0 Å². The Morgan fingerprint density at radius 2 is 2.06 bits per heavy atom. The fourth-order valence-electron chi connectivity index (χ4n) is 1.34. The van der Waals surface area contributed by atoms with E-state index in [1.165, 1.54) is 0 Å². The van der Waals surface area contributed by atoms with Gasteiger partial charge in [0.15, 0.2) is 10.8 Å². The molecule has 6 heteroatoms. The van der Waals surface area contributed by atoms with Crippen molar-refractivity contribution in [1.82, 2.24) is 15.0 Å². The van der Waals surface area contributed by atoms with Crippen LogP contribution >= 0.6 is 11.3 Å². The maximum atomic E-state index is 10.9. The molecule has 0 bridgehead atoms. The summed E-state index contributed by atoms with van der Waals surface area (Å²) in [6.07, 6.45) is 4.34. The Balaban J connectivity index is 2.39. The van der Waals surface area contributed by atoms with Gasteiger partial charge in [-0.3, -0.25) is 0 Å². The first-order valence-corrected chi connectivity index (χ1v) is 5.95. The third-order valence-electron chi connectivity index (χ3n) is 2.30. The van der Waals surface area contributed by atoms with Crippen LogP contribution in [0.15, 0.2) is 12.4 Å². The van der Waals surface area contributed by atoms with Gasteiger partial charge in [0.25, 0.3) is 0 Å². The van der Waals surface area contributed by atoms with E-state index in [1.807, 2.05) is 6.92 Å². The lowest BCUT2D eigenvalue weighted by molar-refractivity contribution is 0.0701. The predicted octanol–water partition coefficient (Wildman–Crippen LogP) is 2.17. The third-order valence-corrected chi connectivity index (χ3v) is 3.44. The van der Waals surface area contributed by atoms with Crippen molar-refractivity contribution in [1.29, 1.82) is 0 Å². The number of aryl methyl sites for hydroxylation is 2. The second-order valence-corrected chi connectivity index (χ2v) is 4.51.